The molecule has 0 radical (unpaired) electrons. The molecule has 1 aromatic rings. The third-order valence-electron chi connectivity index (χ3n) is 2.97. The van der Waals surface area contributed by atoms with E-state index in [0.29, 0.717) is 11.1 Å². The number of Topliss-reactive ketones (excluding diaryl/α,β-unsaturated/α-hetero) is 2. The van der Waals surface area contributed by atoms with Crippen LogP contribution in [0.25, 0.3) is 0 Å². The van der Waals surface area contributed by atoms with Gasteiger partial charge in [-0.3, -0.25) is 9.59 Å². The Morgan fingerprint density at radius 3 is 2.06 bits per heavy atom. The lowest BCUT2D eigenvalue weighted by Gasteiger charge is -2.16. The van der Waals surface area contributed by atoms with Crippen LogP contribution in [0.3, 0.4) is 0 Å². The van der Waals surface area contributed by atoms with Gasteiger partial charge in [0.15, 0.2) is 5.60 Å². The van der Waals surface area contributed by atoms with Crippen LogP contribution in [-0.2, 0) is 0 Å². The molecule has 0 aliphatic heterocycles. The summed E-state index contributed by atoms with van der Waals surface area (Å²) < 4.78 is 0. The Bertz CT molecular complexity index is 487. The van der Waals surface area contributed by atoms with Crippen molar-refractivity contribution in [3.63, 3.8) is 0 Å². The number of fused-ring (bicyclic) bond motifs is 1. The molecule has 0 amide bonds. The topological polar surface area (TPSA) is 54.4 Å². The van der Waals surface area contributed by atoms with Crippen molar-refractivity contribution in [2.24, 2.45) is 0 Å². The molecule has 0 atom stereocenters. The predicted octanol–water partition coefficient (Wildman–Crippen LogP) is 2.15. The maximum absolute atomic E-state index is 12.0. The monoisotopic (exact) mass is 230 g/mol. The Kier molecular flexibility index (Phi) is 2.71. The summed E-state index contributed by atoms with van der Waals surface area (Å²) in [5.74, 6) is -0.980. The zero-order valence-corrected chi connectivity index (χ0v) is 9.86. The fourth-order valence-corrected chi connectivity index (χ4v) is 1.97. The van der Waals surface area contributed by atoms with Gasteiger partial charge in [-0.15, -0.1) is 0 Å². The normalized spacial score (nSPS) is 16.9. The number of hydrogen-bond acceptors (Lipinski definition) is 3. The molecule has 0 heterocycles. The van der Waals surface area contributed by atoms with Gasteiger partial charge in [-0.05, 0) is 13.8 Å². The summed E-state index contributed by atoms with van der Waals surface area (Å²) >= 11 is 0. The molecule has 3 nitrogen and oxygen atoms in total. The molecule has 1 N–H and O–H groups in total. The SMILES string of the molecule is CC(C)=CCC1(O)C(=O)c2ccccc2C1=O. The number of carbonyl (C=O) groups excluding carboxylic acids is 2. The summed E-state index contributed by atoms with van der Waals surface area (Å²) in [6.45, 7) is 3.72. The largest absolute Gasteiger partial charge is 0.374 e. The van der Waals surface area contributed by atoms with Gasteiger partial charge in [0.1, 0.15) is 0 Å². The van der Waals surface area contributed by atoms with Gasteiger partial charge in [-0.2, -0.15) is 0 Å². The van der Waals surface area contributed by atoms with Crippen LogP contribution < -0.4 is 0 Å². The van der Waals surface area contributed by atoms with E-state index in [9.17, 15) is 14.7 Å². The van der Waals surface area contributed by atoms with E-state index in [4.69, 9.17) is 0 Å². The summed E-state index contributed by atoms with van der Waals surface area (Å²) in [5.41, 5.74) is -0.291. The Labute approximate surface area is 99.8 Å². The zero-order valence-electron chi connectivity index (χ0n) is 9.86. The van der Waals surface area contributed by atoms with Crippen LogP contribution in [0.2, 0.25) is 0 Å². The second-order valence-corrected chi connectivity index (χ2v) is 4.55. The second-order valence-electron chi connectivity index (χ2n) is 4.55. The third-order valence-corrected chi connectivity index (χ3v) is 2.97. The van der Waals surface area contributed by atoms with Gasteiger partial charge in [0.25, 0.3) is 0 Å². The molecule has 3 heteroatoms. The highest BCUT2D eigenvalue weighted by Gasteiger charge is 2.50. The van der Waals surface area contributed by atoms with E-state index in [-0.39, 0.29) is 6.42 Å². The zero-order chi connectivity index (χ0) is 12.6. The molecule has 0 saturated heterocycles. The summed E-state index contributed by atoms with van der Waals surface area (Å²) in [6.07, 6.45) is 1.75. The minimum absolute atomic E-state index is 0.0433. The summed E-state index contributed by atoms with van der Waals surface area (Å²) in [4.78, 5) is 24.1. The van der Waals surface area contributed by atoms with Crippen molar-refractivity contribution in [1.82, 2.24) is 0 Å². The Morgan fingerprint density at radius 2 is 1.65 bits per heavy atom. The van der Waals surface area contributed by atoms with E-state index in [2.05, 4.69) is 0 Å². The van der Waals surface area contributed by atoms with Crippen molar-refractivity contribution >= 4 is 11.6 Å². The molecular weight excluding hydrogens is 216 g/mol. The molecular formula is C14H14O3. The lowest BCUT2D eigenvalue weighted by molar-refractivity contribution is 0.0343. The fourth-order valence-electron chi connectivity index (χ4n) is 1.97. The summed E-state index contributed by atoms with van der Waals surface area (Å²) in [5, 5.41) is 10.3. The Balaban J connectivity index is 2.45. The molecule has 0 bridgehead atoms. The van der Waals surface area contributed by atoms with Crippen molar-refractivity contribution in [2.45, 2.75) is 25.9 Å². The molecule has 0 spiro atoms. The summed E-state index contributed by atoms with van der Waals surface area (Å²) in [7, 11) is 0. The predicted molar refractivity (Wildman–Crippen MR) is 64.1 cm³/mol. The van der Waals surface area contributed by atoms with Gasteiger partial charge in [0.05, 0.1) is 0 Å². The second kappa shape index (κ2) is 3.93. The number of carbonyl (C=O) groups is 2. The van der Waals surface area contributed by atoms with E-state index in [1.165, 1.54) is 0 Å². The lowest BCUT2D eigenvalue weighted by Crippen LogP contribution is -2.40. The fraction of sp³-hybridized carbons (Fsp3) is 0.286. The van der Waals surface area contributed by atoms with Gasteiger partial charge >= 0.3 is 0 Å². The number of rotatable bonds is 2. The van der Waals surface area contributed by atoms with Crippen molar-refractivity contribution in [3.8, 4) is 0 Å². The third kappa shape index (κ3) is 1.72. The van der Waals surface area contributed by atoms with Crippen LogP contribution in [0.15, 0.2) is 35.9 Å². The van der Waals surface area contributed by atoms with Crippen molar-refractivity contribution in [1.29, 1.82) is 0 Å². The molecule has 1 aliphatic carbocycles. The van der Waals surface area contributed by atoms with E-state index >= 15 is 0 Å². The molecule has 0 fully saturated rings. The van der Waals surface area contributed by atoms with Gasteiger partial charge in [0.2, 0.25) is 11.6 Å². The number of hydrogen-bond donors (Lipinski definition) is 1. The number of benzene rings is 1. The van der Waals surface area contributed by atoms with Crippen LogP contribution in [0, 0.1) is 0 Å². The highest BCUT2D eigenvalue weighted by atomic mass is 16.3. The quantitative estimate of drug-likeness (QED) is 0.625. The van der Waals surface area contributed by atoms with E-state index in [0.717, 1.165) is 5.57 Å². The first kappa shape index (κ1) is 11.7. The first-order valence-electron chi connectivity index (χ1n) is 5.51. The van der Waals surface area contributed by atoms with Crippen LogP contribution in [0.4, 0.5) is 0 Å². The minimum atomic E-state index is -1.90. The average Bonchev–Trinajstić information content (AvgIpc) is 2.51. The number of aliphatic hydroxyl groups is 1. The first-order valence-corrected chi connectivity index (χ1v) is 5.51. The molecule has 1 aliphatic rings. The Hall–Kier alpha value is -1.74. The molecule has 17 heavy (non-hydrogen) atoms. The van der Waals surface area contributed by atoms with Crippen molar-refractivity contribution in [3.05, 3.63) is 47.0 Å². The maximum Gasteiger partial charge on any atom is 0.203 e. The van der Waals surface area contributed by atoms with Crippen LogP contribution in [0.5, 0.6) is 0 Å². The van der Waals surface area contributed by atoms with Gasteiger partial charge in [-0.1, -0.05) is 35.9 Å². The molecule has 0 aromatic heterocycles. The maximum atomic E-state index is 12.0. The van der Waals surface area contributed by atoms with Crippen LogP contribution in [0.1, 0.15) is 41.0 Å². The van der Waals surface area contributed by atoms with Crippen LogP contribution >= 0.6 is 0 Å². The first-order chi connectivity index (χ1) is 7.97. The lowest BCUT2D eigenvalue weighted by atomic mass is 9.93. The van der Waals surface area contributed by atoms with Gasteiger partial charge in [-0.25, -0.2) is 0 Å². The molecule has 88 valence electrons. The highest BCUT2D eigenvalue weighted by Crippen LogP contribution is 2.32. The minimum Gasteiger partial charge on any atom is -0.374 e. The van der Waals surface area contributed by atoms with Crippen molar-refractivity contribution < 1.29 is 14.7 Å². The van der Waals surface area contributed by atoms with Crippen molar-refractivity contribution in [2.75, 3.05) is 0 Å². The van der Waals surface area contributed by atoms with Crippen LogP contribution in [-0.4, -0.2) is 22.3 Å². The molecule has 2 rings (SSSR count). The smallest absolute Gasteiger partial charge is 0.203 e. The van der Waals surface area contributed by atoms with E-state index < -0.39 is 17.2 Å². The molecule has 0 unspecified atom stereocenters. The summed E-state index contributed by atoms with van der Waals surface area (Å²) in [6, 6.07) is 6.54. The highest BCUT2D eigenvalue weighted by molar-refractivity contribution is 6.31. The number of ketones is 2. The molecule has 0 saturated carbocycles. The van der Waals surface area contributed by atoms with E-state index in [1.807, 2.05) is 13.8 Å². The van der Waals surface area contributed by atoms with Gasteiger partial charge < -0.3 is 5.11 Å². The van der Waals surface area contributed by atoms with Gasteiger partial charge in [0, 0.05) is 17.5 Å². The van der Waals surface area contributed by atoms with E-state index in [1.54, 1.807) is 30.3 Å². The molecule has 1 aromatic carbocycles. The number of allylic oxidation sites excluding steroid dienone is 1. The Morgan fingerprint density at radius 1 is 1.18 bits per heavy atom. The average molecular weight is 230 g/mol. The standard InChI is InChI=1S/C14H14O3/c1-9(2)7-8-14(17)12(15)10-5-3-4-6-11(10)13(14)16/h3-7,17H,8H2,1-2H3.